The van der Waals surface area contributed by atoms with Crippen LogP contribution < -0.4 is 5.32 Å². The molecule has 1 aromatic carbocycles. The molecule has 30 heavy (non-hydrogen) atoms. The summed E-state index contributed by atoms with van der Waals surface area (Å²) in [5, 5.41) is 2.75. The molecule has 0 radical (unpaired) electrons. The fourth-order valence-corrected chi connectivity index (χ4v) is 4.98. The van der Waals surface area contributed by atoms with E-state index in [1.165, 1.54) is 15.3 Å². The van der Waals surface area contributed by atoms with E-state index in [2.05, 4.69) is 5.32 Å². The number of nitrogens with zero attached hydrogens (tertiary/aromatic N) is 3. The van der Waals surface area contributed by atoms with Gasteiger partial charge >= 0.3 is 0 Å². The van der Waals surface area contributed by atoms with Crippen LogP contribution in [0, 0.1) is 5.82 Å². The van der Waals surface area contributed by atoms with Crippen molar-refractivity contribution in [3.8, 4) is 0 Å². The van der Waals surface area contributed by atoms with Gasteiger partial charge in [-0.05, 0) is 31.5 Å². The molecule has 1 N–H and O–H groups in total. The van der Waals surface area contributed by atoms with E-state index in [4.69, 9.17) is 0 Å². The highest BCUT2D eigenvalue weighted by atomic mass is 32.2. The minimum Gasteiger partial charge on any atom is -0.355 e. The summed E-state index contributed by atoms with van der Waals surface area (Å²) < 4.78 is 41.2. The lowest BCUT2D eigenvalue weighted by atomic mass is 10.2. The Morgan fingerprint density at radius 1 is 1.10 bits per heavy atom. The van der Waals surface area contributed by atoms with Gasteiger partial charge in [0.25, 0.3) is 5.91 Å². The van der Waals surface area contributed by atoms with E-state index < -0.39 is 21.7 Å². The molecular formula is C20H31FN4O4S. The molecule has 0 unspecified atom stereocenters. The number of amides is 2. The number of hydrogen-bond acceptors (Lipinski definition) is 5. The second-order valence-electron chi connectivity index (χ2n) is 7.11. The van der Waals surface area contributed by atoms with Gasteiger partial charge in [-0.1, -0.05) is 13.8 Å². The Balaban J connectivity index is 2.18. The maximum Gasteiger partial charge on any atom is 0.256 e. The van der Waals surface area contributed by atoms with Crippen LogP contribution in [0.2, 0.25) is 0 Å². The third-order valence-electron chi connectivity index (χ3n) is 5.13. The van der Waals surface area contributed by atoms with E-state index in [-0.39, 0.29) is 36.0 Å². The van der Waals surface area contributed by atoms with Crippen molar-refractivity contribution >= 4 is 21.8 Å². The molecule has 1 aliphatic rings. The van der Waals surface area contributed by atoms with Crippen molar-refractivity contribution in [3.05, 3.63) is 29.6 Å². The molecule has 2 rings (SSSR count). The summed E-state index contributed by atoms with van der Waals surface area (Å²) in [4.78, 5) is 28.1. The van der Waals surface area contributed by atoms with Crippen LogP contribution in [0.3, 0.4) is 0 Å². The van der Waals surface area contributed by atoms with E-state index in [1.807, 2.05) is 11.8 Å². The van der Waals surface area contributed by atoms with Crippen molar-refractivity contribution < 1.29 is 22.4 Å². The topological polar surface area (TPSA) is 90.0 Å². The van der Waals surface area contributed by atoms with E-state index in [0.717, 1.165) is 12.1 Å². The van der Waals surface area contributed by atoms with Gasteiger partial charge in [0.15, 0.2) is 0 Å². The van der Waals surface area contributed by atoms with Crippen LogP contribution in [0.25, 0.3) is 0 Å². The maximum absolute atomic E-state index is 14.4. The number of hydrogen-bond donors (Lipinski definition) is 1. The molecule has 0 atom stereocenters. The van der Waals surface area contributed by atoms with Gasteiger partial charge in [-0.2, -0.15) is 4.31 Å². The SMILES string of the molecule is CCNC(=O)CN1CCCN(C(=O)c2cc(S(=O)(=O)N(CC)CC)ccc2F)CC1. The van der Waals surface area contributed by atoms with Crippen LogP contribution in [0.15, 0.2) is 23.1 Å². The van der Waals surface area contributed by atoms with Gasteiger partial charge in [0.05, 0.1) is 17.0 Å². The Morgan fingerprint density at radius 3 is 2.43 bits per heavy atom. The number of halogens is 1. The van der Waals surface area contributed by atoms with Crippen LogP contribution in [0.4, 0.5) is 4.39 Å². The van der Waals surface area contributed by atoms with Crippen molar-refractivity contribution in [1.82, 2.24) is 19.4 Å². The van der Waals surface area contributed by atoms with Gasteiger partial charge < -0.3 is 10.2 Å². The van der Waals surface area contributed by atoms with Crippen molar-refractivity contribution in [1.29, 1.82) is 0 Å². The first-order valence-electron chi connectivity index (χ1n) is 10.3. The first-order chi connectivity index (χ1) is 14.2. The summed E-state index contributed by atoms with van der Waals surface area (Å²) in [6.45, 7) is 8.57. The summed E-state index contributed by atoms with van der Waals surface area (Å²) >= 11 is 0. The Hall–Kier alpha value is -2.04. The van der Waals surface area contributed by atoms with Crippen LogP contribution in [0.1, 0.15) is 37.6 Å². The lowest BCUT2D eigenvalue weighted by Gasteiger charge is -2.23. The molecule has 168 valence electrons. The number of carbonyl (C=O) groups excluding carboxylic acids is 2. The van der Waals surface area contributed by atoms with Gasteiger partial charge in [0, 0.05) is 45.8 Å². The average Bonchev–Trinajstić information content (AvgIpc) is 2.94. The number of rotatable bonds is 8. The number of likely N-dealkylation sites (N-methyl/N-ethyl adjacent to an activating group) is 1. The zero-order valence-corrected chi connectivity index (χ0v) is 18.7. The van der Waals surface area contributed by atoms with Crippen LogP contribution in [0.5, 0.6) is 0 Å². The number of nitrogens with one attached hydrogen (secondary N) is 1. The highest BCUT2D eigenvalue weighted by molar-refractivity contribution is 7.89. The van der Waals surface area contributed by atoms with E-state index in [0.29, 0.717) is 39.1 Å². The van der Waals surface area contributed by atoms with E-state index in [1.54, 1.807) is 13.8 Å². The predicted octanol–water partition coefficient (Wildman–Crippen LogP) is 1.14. The van der Waals surface area contributed by atoms with E-state index >= 15 is 0 Å². The van der Waals surface area contributed by atoms with Gasteiger partial charge in [0.1, 0.15) is 5.82 Å². The lowest BCUT2D eigenvalue weighted by Crippen LogP contribution is -2.40. The third-order valence-corrected chi connectivity index (χ3v) is 7.17. The predicted molar refractivity (Wildman–Crippen MR) is 112 cm³/mol. The van der Waals surface area contributed by atoms with Crippen LogP contribution >= 0.6 is 0 Å². The first-order valence-corrected chi connectivity index (χ1v) is 11.8. The van der Waals surface area contributed by atoms with Gasteiger partial charge in [0.2, 0.25) is 15.9 Å². The molecule has 1 fully saturated rings. The fourth-order valence-electron chi connectivity index (χ4n) is 3.50. The Labute approximate surface area is 178 Å². The van der Waals surface area contributed by atoms with Gasteiger partial charge in [-0.3, -0.25) is 14.5 Å². The third kappa shape index (κ3) is 5.77. The summed E-state index contributed by atoms with van der Waals surface area (Å²) in [6.07, 6.45) is 0.643. The summed E-state index contributed by atoms with van der Waals surface area (Å²) in [6, 6.07) is 3.35. The second-order valence-corrected chi connectivity index (χ2v) is 9.04. The lowest BCUT2D eigenvalue weighted by molar-refractivity contribution is -0.122. The number of sulfonamides is 1. The van der Waals surface area contributed by atoms with Crippen LogP contribution in [-0.2, 0) is 14.8 Å². The Morgan fingerprint density at radius 2 is 1.80 bits per heavy atom. The molecule has 1 saturated heterocycles. The van der Waals surface area contributed by atoms with Gasteiger partial charge in [-0.25, -0.2) is 12.8 Å². The molecule has 1 aliphatic heterocycles. The Kier molecular flexibility index (Phi) is 8.75. The maximum atomic E-state index is 14.4. The monoisotopic (exact) mass is 442 g/mol. The molecule has 10 heteroatoms. The minimum atomic E-state index is -3.80. The summed E-state index contributed by atoms with van der Waals surface area (Å²) in [5.41, 5.74) is -0.250. The average molecular weight is 443 g/mol. The molecule has 8 nitrogen and oxygen atoms in total. The van der Waals surface area contributed by atoms with Crippen molar-refractivity contribution in [2.75, 3.05) is 52.4 Å². The van der Waals surface area contributed by atoms with E-state index in [9.17, 15) is 22.4 Å². The number of carbonyl (C=O) groups is 2. The first kappa shape index (κ1) is 24.2. The second kappa shape index (κ2) is 10.8. The summed E-state index contributed by atoms with van der Waals surface area (Å²) in [5.74, 6) is -1.36. The minimum absolute atomic E-state index is 0.0716. The highest BCUT2D eigenvalue weighted by Crippen LogP contribution is 2.21. The zero-order valence-electron chi connectivity index (χ0n) is 17.9. The molecular weight excluding hydrogens is 411 g/mol. The molecule has 0 spiro atoms. The van der Waals surface area contributed by atoms with Crippen molar-refractivity contribution in [3.63, 3.8) is 0 Å². The smallest absolute Gasteiger partial charge is 0.256 e. The molecule has 1 heterocycles. The number of benzene rings is 1. The fraction of sp³-hybridized carbons (Fsp3) is 0.600. The standard InChI is InChI=1S/C20H31FN4O4S/c1-4-22-19(26)15-23-10-7-11-24(13-12-23)20(27)17-14-16(8-9-18(17)21)30(28,29)25(5-2)6-3/h8-9,14H,4-7,10-13,15H2,1-3H3,(H,22,26). The van der Waals surface area contributed by atoms with Gasteiger partial charge in [-0.15, -0.1) is 0 Å². The Bertz CT molecular complexity index is 858. The molecule has 2 amide bonds. The van der Waals surface area contributed by atoms with Crippen LogP contribution in [-0.4, -0.2) is 86.7 Å². The summed E-state index contributed by atoms with van der Waals surface area (Å²) in [7, 11) is -3.80. The largest absolute Gasteiger partial charge is 0.355 e. The molecule has 0 aliphatic carbocycles. The van der Waals surface area contributed by atoms with Crippen molar-refractivity contribution in [2.24, 2.45) is 0 Å². The quantitative estimate of drug-likeness (QED) is 0.652. The molecule has 1 aromatic rings. The normalized spacial score (nSPS) is 15.8. The molecule has 0 aromatic heterocycles. The highest BCUT2D eigenvalue weighted by Gasteiger charge is 2.27. The molecule has 0 bridgehead atoms. The zero-order chi connectivity index (χ0) is 22.3. The molecule has 0 saturated carbocycles. The van der Waals surface area contributed by atoms with Crippen molar-refractivity contribution in [2.45, 2.75) is 32.1 Å².